The van der Waals surface area contributed by atoms with Crippen molar-refractivity contribution in [3.05, 3.63) is 75.7 Å². The van der Waals surface area contributed by atoms with Gasteiger partial charge in [-0.3, -0.25) is 0 Å². The summed E-state index contributed by atoms with van der Waals surface area (Å²) in [6, 6.07) is 12.9. The molecule has 1 aromatic heterocycles. The maximum Gasteiger partial charge on any atom is 0.416 e. The van der Waals surface area contributed by atoms with Crippen LogP contribution in [-0.4, -0.2) is 17.7 Å². The van der Waals surface area contributed by atoms with Gasteiger partial charge in [0.25, 0.3) is 0 Å². The van der Waals surface area contributed by atoms with Crippen LogP contribution in [0.25, 0.3) is 10.4 Å². The van der Waals surface area contributed by atoms with Crippen LogP contribution in [0.3, 0.4) is 0 Å². The van der Waals surface area contributed by atoms with E-state index in [4.69, 9.17) is 9.84 Å². The zero-order valence-corrected chi connectivity index (χ0v) is 17.4. The number of alkyl halides is 3. The van der Waals surface area contributed by atoms with Crippen molar-refractivity contribution in [2.24, 2.45) is 0 Å². The van der Waals surface area contributed by atoms with Gasteiger partial charge in [-0.05, 0) is 73.2 Å². The number of benzene rings is 2. The van der Waals surface area contributed by atoms with Gasteiger partial charge in [-0.25, -0.2) is 4.79 Å². The second kappa shape index (κ2) is 8.92. The first-order valence-electron chi connectivity index (χ1n) is 9.34. The third-order valence-electron chi connectivity index (χ3n) is 4.75. The molecule has 30 heavy (non-hydrogen) atoms. The van der Waals surface area contributed by atoms with Crippen LogP contribution in [0, 0.1) is 13.8 Å². The summed E-state index contributed by atoms with van der Waals surface area (Å²) >= 11 is 1.59. The Kier molecular flexibility index (Phi) is 6.51. The van der Waals surface area contributed by atoms with Crippen molar-refractivity contribution in [3.8, 4) is 16.2 Å². The van der Waals surface area contributed by atoms with E-state index in [1.165, 1.54) is 17.0 Å². The molecule has 7 heteroatoms. The minimum Gasteiger partial charge on any atom is -0.482 e. The molecule has 3 rings (SSSR count). The third kappa shape index (κ3) is 5.42. The molecule has 2 aromatic carbocycles. The van der Waals surface area contributed by atoms with E-state index < -0.39 is 17.7 Å². The first kappa shape index (κ1) is 21.9. The van der Waals surface area contributed by atoms with Crippen molar-refractivity contribution >= 4 is 17.3 Å². The molecule has 0 atom stereocenters. The number of carboxylic acids is 1. The first-order valence-corrected chi connectivity index (χ1v) is 10.2. The van der Waals surface area contributed by atoms with Gasteiger partial charge in [-0.2, -0.15) is 13.2 Å². The lowest BCUT2D eigenvalue weighted by Gasteiger charge is -2.09. The Labute approximate surface area is 176 Å². The van der Waals surface area contributed by atoms with Crippen LogP contribution in [0.1, 0.15) is 27.1 Å². The van der Waals surface area contributed by atoms with Crippen molar-refractivity contribution in [1.82, 2.24) is 0 Å². The number of aliphatic carboxylic acids is 1. The number of rotatable bonds is 7. The molecule has 0 radical (unpaired) electrons. The number of halogens is 3. The van der Waals surface area contributed by atoms with Gasteiger partial charge in [0.05, 0.1) is 5.56 Å². The molecule has 0 spiro atoms. The molecule has 1 heterocycles. The minimum atomic E-state index is -4.33. The summed E-state index contributed by atoms with van der Waals surface area (Å²) in [6.45, 7) is 3.51. The normalized spacial score (nSPS) is 11.5. The number of aryl methyl sites for hydroxylation is 4. The Hall–Kier alpha value is -2.80. The van der Waals surface area contributed by atoms with E-state index in [2.05, 4.69) is 0 Å². The quantitative estimate of drug-likeness (QED) is 0.475. The van der Waals surface area contributed by atoms with Gasteiger partial charge < -0.3 is 9.84 Å². The molecule has 0 fully saturated rings. The molecule has 0 aliphatic rings. The van der Waals surface area contributed by atoms with Crippen LogP contribution in [0.2, 0.25) is 0 Å². The highest BCUT2D eigenvalue weighted by Crippen LogP contribution is 2.35. The molecule has 3 nitrogen and oxygen atoms in total. The van der Waals surface area contributed by atoms with Crippen molar-refractivity contribution in [3.63, 3.8) is 0 Å². The Morgan fingerprint density at radius 2 is 1.70 bits per heavy atom. The molecule has 0 saturated heterocycles. The highest BCUT2D eigenvalue weighted by atomic mass is 32.1. The maximum atomic E-state index is 12.8. The molecule has 158 valence electrons. The van der Waals surface area contributed by atoms with Crippen LogP contribution in [0.15, 0.2) is 48.5 Å². The standard InChI is InChI=1S/C23H21F3O3S/c1-14-11-16(3-9-19(14)29-13-22(27)28)4-10-20-15(2)12-21(30-20)17-5-7-18(8-6-17)23(24,25)26/h3,5-9,11-12H,4,10,13H2,1-2H3,(H,27,28). The van der Waals surface area contributed by atoms with Crippen molar-refractivity contribution in [2.45, 2.75) is 32.9 Å². The molecule has 0 unspecified atom stereocenters. The van der Waals surface area contributed by atoms with E-state index in [0.717, 1.165) is 52.1 Å². The predicted octanol–water partition coefficient (Wildman–Crippen LogP) is 6.30. The second-order valence-electron chi connectivity index (χ2n) is 7.07. The molecule has 3 aromatic rings. The molecule has 0 aliphatic carbocycles. The SMILES string of the molecule is Cc1cc(CCc2sc(-c3ccc(C(F)(F)F)cc3)cc2C)ccc1OCC(=O)O. The lowest BCUT2D eigenvalue weighted by Crippen LogP contribution is -2.10. The number of carboxylic acid groups (broad SMARTS) is 1. The summed E-state index contributed by atoms with van der Waals surface area (Å²) in [7, 11) is 0. The van der Waals surface area contributed by atoms with Gasteiger partial charge in [0, 0.05) is 9.75 Å². The number of hydrogen-bond donors (Lipinski definition) is 1. The van der Waals surface area contributed by atoms with Crippen LogP contribution in [0.5, 0.6) is 5.75 Å². The van der Waals surface area contributed by atoms with Crippen LogP contribution in [0.4, 0.5) is 13.2 Å². The summed E-state index contributed by atoms with van der Waals surface area (Å²) in [5, 5.41) is 8.72. The van der Waals surface area contributed by atoms with E-state index in [1.54, 1.807) is 17.4 Å². The van der Waals surface area contributed by atoms with E-state index in [0.29, 0.717) is 5.75 Å². The Bertz CT molecular complexity index is 1040. The lowest BCUT2D eigenvalue weighted by atomic mass is 10.0. The summed E-state index contributed by atoms with van der Waals surface area (Å²) in [6.07, 6.45) is -2.72. The minimum absolute atomic E-state index is 0.374. The second-order valence-corrected chi connectivity index (χ2v) is 8.21. The van der Waals surface area contributed by atoms with E-state index in [9.17, 15) is 18.0 Å². The number of thiophene rings is 1. The predicted molar refractivity (Wildman–Crippen MR) is 111 cm³/mol. The molecule has 1 N–H and O–H groups in total. The Morgan fingerprint density at radius 1 is 1.00 bits per heavy atom. The number of ether oxygens (including phenoxy) is 1. The summed E-state index contributed by atoms with van der Waals surface area (Å²) in [4.78, 5) is 12.8. The maximum absolute atomic E-state index is 12.8. The van der Waals surface area contributed by atoms with E-state index >= 15 is 0 Å². The van der Waals surface area contributed by atoms with Crippen molar-refractivity contribution < 1.29 is 27.8 Å². The summed E-state index contributed by atoms with van der Waals surface area (Å²) < 4.78 is 43.5. The zero-order chi connectivity index (χ0) is 21.9. The van der Waals surface area contributed by atoms with Crippen molar-refractivity contribution in [2.75, 3.05) is 6.61 Å². The zero-order valence-electron chi connectivity index (χ0n) is 16.5. The van der Waals surface area contributed by atoms with E-state index in [-0.39, 0.29) is 6.61 Å². The molecule has 0 aliphatic heterocycles. The molecular weight excluding hydrogens is 413 g/mol. The van der Waals surface area contributed by atoms with Crippen LogP contribution >= 0.6 is 11.3 Å². The highest BCUT2D eigenvalue weighted by molar-refractivity contribution is 7.15. The average Bonchev–Trinajstić information content (AvgIpc) is 3.05. The molecule has 0 bridgehead atoms. The number of hydrogen-bond acceptors (Lipinski definition) is 3. The van der Waals surface area contributed by atoms with Gasteiger partial charge >= 0.3 is 12.1 Å². The van der Waals surface area contributed by atoms with Gasteiger partial charge in [0.15, 0.2) is 6.61 Å². The van der Waals surface area contributed by atoms with Crippen molar-refractivity contribution in [1.29, 1.82) is 0 Å². The largest absolute Gasteiger partial charge is 0.482 e. The lowest BCUT2D eigenvalue weighted by molar-refractivity contribution is -0.139. The highest BCUT2D eigenvalue weighted by Gasteiger charge is 2.30. The summed E-state index contributed by atoms with van der Waals surface area (Å²) in [5.74, 6) is -0.464. The molecule has 0 saturated carbocycles. The first-order chi connectivity index (χ1) is 14.1. The summed E-state index contributed by atoms with van der Waals surface area (Å²) in [5.41, 5.74) is 3.23. The third-order valence-corrected chi connectivity index (χ3v) is 6.09. The fourth-order valence-corrected chi connectivity index (χ4v) is 4.34. The fourth-order valence-electron chi connectivity index (χ4n) is 3.16. The van der Waals surface area contributed by atoms with Crippen LogP contribution in [-0.2, 0) is 23.8 Å². The average molecular weight is 434 g/mol. The fraction of sp³-hybridized carbons (Fsp3) is 0.261. The van der Waals surface area contributed by atoms with Gasteiger partial charge in [0.1, 0.15) is 5.75 Å². The Balaban J connectivity index is 1.68. The molecule has 0 amide bonds. The van der Waals surface area contributed by atoms with Gasteiger partial charge in [0.2, 0.25) is 0 Å². The smallest absolute Gasteiger partial charge is 0.416 e. The molecular formula is C23H21F3O3S. The van der Waals surface area contributed by atoms with Crippen LogP contribution < -0.4 is 4.74 Å². The van der Waals surface area contributed by atoms with E-state index in [1.807, 2.05) is 32.0 Å². The van der Waals surface area contributed by atoms with Gasteiger partial charge in [-0.15, -0.1) is 11.3 Å². The van der Waals surface area contributed by atoms with Gasteiger partial charge in [-0.1, -0.05) is 24.3 Å². The Morgan fingerprint density at radius 3 is 2.30 bits per heavy atom. The topological polar surface area (TPSA) is 46.5 Å². The monoisotopic (exact) mass is 434 g/mol. The number of carbonyl (C=O) groups is 1.